The highest BCUT2D eigenvalue weighted by Crippen LogP contribution is 2.69. The quantitative estimate of drug-likeness (QED) is 0.714. The maximum absolute atomic E-state index is 12.3. The van der Waals surface area contributed by atoms with E-state index in [0.717, 1.165) is 19.3 Å². The minimum atomic E-state index is -0.203. The topological polar surface area (TPSA) is 59.1 Å². The maximum Gasteiger partial charge on any atom is 0.304 e. The summed E-state index contributed by atoms with van der Waals surface area (Å²) in [5.74, 6) is 0.608. The Morgan fingerprint density at radius 1 is 1.13 bits per heavy atom. The summed E-state index contributed by atoms with van der Waals surface area (Å²) < 4.78 is 12.2. The molecule has 1 aromatic carbocycles. The second-order valence-electron chi connectivity index (χ2n) is 9.98. The Morgan fingerprint density at radius 2 is 1.87 bits per heavy atom. The van der Waals surface area contributed by atoms with Crippen molar-refractivity contribution in [2.45, 2.75) is 75.9 Å². The lowest BCUT2D eigenvalue weighted by Crippen LogP contribution is -2.73. The fraction of sp³-hybridized carbons (Fsp3) is 0.667. The van der Waals surface area contributed by atoms with Crippen LogP contribution in [0.1, 0.15) is 45.6 Å². The molecule has 5 fully saturated rings. The number of esters is 2. The van der Waals surface area contributed by atoms with E-state index in [2.05, 4.69) is 48.0 Å². The van der Waals surface area contributed by atoms with E-state index in [1.54, 1.807) is 6.92 Å². The van der Waals surface area contributed by atoms with Crippen molar-refractivity contribution in [2.24, 2.45) is 17.8 Å². The molecular formula is C24H30N2O4. The third-order valence-corrected chi connectivity index (χ3v) is 8.98. The van der Waals surface area contributed by atoms with Crippen LogP contribution in [0.2, 0.25) is 0 Å². The van der Waals surface area contributed by atoms with Gasteiger partial charge in [0.05, 0.1) is 11.5 Å². The van der Waals surface area contributed by atoms with Gasteiger partial charge in [-0.1, -0.05) is 25.1 Å². The second-order valence-corrected chi connectivity index (χ2v) is 9.98. The first-order valence-electron chi connectivity index (χ1n) is 11.3. The van der Waals surface area contributed by atoms with Crippen molar-refractivity contribution in [2.75, 3.05) is 11.9 Å². The zero-order valence-corrected chi connectivity index (χ0v) is 18.1. The largest absolute Gasteiger partial charge is 0.461 e. The molecule has 10 unspecified atom stereocenters. The molecular weight excluding hydrogens is 380 g/mol. The van der Waals surface area contributed by atoms with E-state index < -0.39 is 0 Å². The zero-order chi connectivity index (χ0) is 20.9. The Bertz CT molecular complexity index is 934. The number of likely N-dealkylation sites (N-methyl/N-ethyl adjacent to an activating group) is 1. The van der Waals surface area contributed by atoms with Crippen LogP contribution >= 0.6 is 0 Å². The van der Waals surface area contributed by atoms with Crippen LogP contribution in [0.25, 0.3) is 0 Å². The van der Waals surface area contributed by atoms with Crippen LogP contribution in [0.3, 0.4) is 0 Å². The predicted molar refractivity (Wildman–Crippen MR) is 111 cm³/mol. The molecule has 1 aliphatic carbocycles. The van der Waals surface area contributed by atoms with E-state index in [4.69, 9.17) is 9.47 Å². The molecule has 1 spiro atoms. The number of rotatable bonds is 3. The van der Waals surface area contributed by atoms with Crippen LogP contribution < -0.4 is 4.90 Å². The highest BCUT2D eigenvalue weighted by molar-refractivity contribution is 5.70. The number of para-hydroxylation sites is 1. The van der Waals surface area contributed by atoms with Gasteiger partial charge in [-0.25, -0.2) is 0 Å². The number of ether oxygens (including phenoxy) is 2. The lowest BCUT2D eigenvalue weighted by molar-refractivity contribution is -0.228. The van der Waals surface area contributed by atoms with Gasteiger partial charge in [-0.3, -0.25) is 14.5 Å². The van der Waals surface area contributed by atoms with Gasteiger partial charge in [-0.2, -0.15) is 0 Å². The van der Waals surface area contributed by atoms with E-state index in [0.29, 0.717) is 29.8 Å². The standard InChI is InChI=1S/C24H30N2O4/c1-5-14-15-10-18-21-24(16-8-6-7-9-17(16)25(21)4)11-19(20(15)22(24)29-12(2)27)26(18)23(14)30-13(3)28/h6-9,14-15,18-23H,5,10-11H2,1-4H3. The first-order chi connectivity index (χ1) is 14.4. The number of piperidine rings is 4. The number of carbonyl (C=O) groups excluding carboxylic acids is 2. The van der Waals surface area contributed by atoms with E-state index >= 15 is 0 Å². The summed E-state index contributed by atoms with van der Waals surface area (Å²) in [6, 6.07) is 9.46. The van der Waals surface area contributed by atoms with Crippen LogP contribution in [0, 0.1) is 17.8 Å². The Kier molecular flexibility index (Phi) is 3.73. The normalized spacial score (nSPS) is 46.5. The molecule has 5 heterocycles. The van der Waals surface area contributed by atoms with Gasteiger partial charge < -0.3 is 14.4 Å². The van der Waals surface area contributed by atoms with E-state index in [1.807, 2.05) is 0 Å². The summed E-state index contributed by atoms with van der Waals surface area (Å²) in [5.41, 5.74) is 2.41. The fourth-order valence-electron chi connectivity index (χ4n) is 8.49. The number of fused-ring (bicyclic) bond motifs is 2. The highest BCUT2D eigenvalue weighted by atomic mass is 16.6. The highest BCUT2D eigenvalue weighted by Gasteiger charge is 2.78. The average molecular weight is 411 g/mol. The molecule has 4 saturated heterocycles. The van der Waals surface area contributed by atoms with Crippen molar-refractivity contribution < 1.29 is 19.1 Å². The molecule has 6 heteroatoms. The molecule has 5 bridgehead atoms. The van der Waals surface area contributed by atoms with Gasteiger partial charge in [-0.05, 0) is 36.8 Å². The third-order valence-electron chi connectivity index (χ3n) is 8.98. The van der Waals surface area contributed by atoms with E-state index in [-0.39, 0.29) is 35.7 Å². The van der Waals surface area contributed by atoms with E-state index in [9.17, 15) is 9.59 Å². The van der Waals surface area contributed by atoms with Gasteiger partial charge in [0.2, 0.25) is 0 Å². The Balaban J connectivity index is 1.56. The van der Waals surface area contributed by atoms with Crippen molar-refractivity contribution >= 4 is 17.6 Å². The van der Waals surface area contributed by atoms with Crippen LogP contribution in [-0.4, -0.2) is 54.3 Å². The van der Waals surface area contributed by atoms with Crippen molar-refractivity contribution in [1.29, 1.82) is 0 Å². The average Bonchev–Trinajstić information content (AvgIpc) is 3.10. The van der Waals surface area contributed by atoms with Gasteiger partial charge >= 0.3 is 11.9 Å². The van der Waals surface area contributed by atoms with Crippen LogP contribution in [0.5, 0.6) is 0 Å². The second kappa shape index (κ2) is 6.00. The van der Waals surface area contributed by atoms with Crippen molar-refractivity contribution in [3.8, 4) is 0 Å². The molecule has 0 radical (unpaired) electrons. The number of nitrogens with zero attached hydrogens (tertiary/aromatic N) is 2. The minimum Gasteiger partial charge on any atom is -0.461 e. The van der Waals surface area contributed by atoms with Gasteiger partial charge in [0, 0.05) is 50.5 Å². The van der Waals surface area contributed by atoms with Gasteiger partial charge in [0.1, 0.15) is 6.10 Å². The molecule has 5 aliphatic heterocycles. The minimum absolute atomic E-state index is 0.122. The third kappa shape index (κ3) is 1.99. The molecule has 0 amide bonds. The summed E-state index contributed by atoms with van der Waals surface area (Å²) in [6.07, 6.45) is 2.72. The summed E-state index contributed by atoms with van der Waals surface area (Å²) in [4.78, 5) is 29.2. The number of hydrogen-bond acceptors (Lipinski definition) is 6. The molecule has 160 valence electrons. The maximum atomic E-state index is 12.3. The van der Waals surface area contributed by atoms with Gasteiger partial charge in [0.25, 0.3) is 0 Å². The number of benzene rings is 1. The summed E-state index contributed by atoms with van der Waals surface area (Å²) >= 11 is 0. The fourth-order valence-corrected chi connectivity index (χ4v) is 8.49. The summed E-state index contributed by atoms with van der Waals surface area (Å²) in [6.45, 7) is 5.26. The molecule has 10 atom stereocenters. The molecule has 6 nitrogen and oxygen atoms in total. The SMILES string of the molecule is CCC1C2CC3C4N(C)c5ccccc5C45CC(C2C5OC(C)=O)N3C1OC(C)=O. The monoisotopic (exact) mass is 410 g/mol. The van der Waals surface area contributed by atoms with E-state index in [1.165, 1.54) is 18.2 Å². The number of anilines is 1. The van der Waals surface area contributed by atoms with Gasteiger partial charge in [0.15, 0.2) is 6.23 Å². The molecule has 0 aromatic heterocycles. The first-order valence-corrected chi connectivity index (χ1v) is 11.3. The van der Waals surface area contributed by atoms with Crippen molar-refractivity contribution in [1.82, 2.24) is 4.90 Å². The number of hydrogen-bond donors (Lipinski definition) is 0. The molecule has 1 aromatic rings. The Hall–Kier alpha value is -2.08. The Morgan fingerprint density at radius 3 is 2.57 bits per heavy atom. The van der Waals surface area contributed by atoms with Crippen LogP contribution in [0.4, 0.5) is 5.69 Å². The zero-order valence-electron chi connectivity index (χ0n) is 18.1. The molecule has 30 heavy (non-hydrogen) atoms. The first kappa shape index (κ1) is 18.7. The Labute approximate surface area is 177 Å². The summed E-state index contributed by atoms with van der Waals surface area (Å²) in [7, 11) is 2.18. The van der Waals surface area contributed by atoms with Crippen molar-refractivity contribution in [3.05, 3.63) is 29.8 Å². The smallest absolute Gasteiger partial charge is 0.304 e. The molecule has 1 saturated carbocycles. The number of carbonyl (C=O) groups is 2. The van der Waals surface area contributed by atoms with Crippen molar-refractivity contribution in [3.63, 3.8) is 0 Å². The summed E-state index contributed by atoms with van der Waals surface area (Å²) in [5, 5.41) is 0. The predicted octanol–water partition coefficient (Wildman–Crippen LogP) is 2.70. The molecule has 7 rings (SSSR count). The van der Waals surface area contributed by atoms with Crippen LogP contribution in [-0.2, 0) is 24.5 Å². The molecule has 6 aliphatic rings. The molecule has 0 N–H and O–H groups in total. The lowest BCUT2D eigenvalue weighted by atomic mass is 9.62. The van der Waals surface area contributed by atoms with Gasteiger partial charge in [-0.15, -0.1) is 0 Å². The van der Waals surface area contributed by atoms with Crippen LogP contribution in [0.15, 0.2) is 24.3 Å². The lowest BCUT2D eigenvalue weighted by Gasteiger charge is -2.62.